The first-order valence-electron chi connectivity index (χ1n) is 14.3. The molecule has 0 saturated carbocycles. The van der Waals surface area contributed by atoms with Crippen molar-refractivity contribution < 1.29 is 46.5 Å². The molecule has 242 valence electrons. The zero-order valence-corrected chi connectivity index (χ0v) is 25.3. The molecule has 13 heteroatoms. The lowest BCUT2D eigenvalue weighted by atomic mass is 9.81. The summed E-state index contributed by atoms with van der Waals surface area (Å²) in [5.74, 6) is -1.52. The number of benzene rings is 2. The predicted molar refractivity (Wildman–Crippen MR) is 156 cm³/mol. The largest absolute Gasteiger partial charge is 0.493 e. The Morgan fingerprint density at radius 3 is 2.38 bits per heavy atom. The van der Waals surface area contributed by atoms with Crippen LogP contribution in [0.5, 0.6) is 11.5 Å². The molecule has 1 fully saturated rings. The molecule has 3 aromatic rings. The molecule has 0 radical (unpaired) electrons. The molecular formula is C32H35F4N3O6. The van der Waals surface area contributed by atoms with Crippen molar-refractivity contribution in [3.05, 3.63) is 77.2 Å². The summed E-state index contributed by atoms with van der Waals surface area (Å²) in [6, 6.07) is 11.8. The summed E-state index contributed by atoms with van der Waals surface area (Å²) < 4.78 is 73.5. The topological polar surface area (TPSA) is 119 Å². The predicted octanol–water partition coefficient (Wildman–Crippen LogP) is 5.01. The average molecular weight is 634 g/mol. The van der Waals surface area contributed by atoms with Gasteiger partial charge in [-0.25, -0.2) is 9.37 Å². The monoisotopic (exact) mass is 633 g/mol. The Morgan fingerprint density at radius 1 is 1.11 bits per heavy atom. The van der Waals surface area contributed by atoms with Crippen LogP contribution in [0.25, 0.3) is 11.3 Å². The summed E-state index contributed by atoms with van der Waals surface area (Å²) in [6.45, 7) is 4.51. The molecule has 1 aliphatic heterocycles. The van der Waals surface area contributed by atoms with E-state index < -0.39 is 53.4 Å². The molecule has 1 aromatic heterocycles. The van der Waals surface area contributed by atoms with Crippen molar-refractivity contribution in [2.45, 2.75) is 57.0 Å². The van der Waals surface area contributed by atoms with E-state index in [2.05, 4.69) is 15.6 Å². The second kappa shape index (κ2) is 13.4. The highest BCUT2D eigenvalue weighted by Gasteiger charge is 2.57. The number of aromatic nitrogens is 1. The van der Waals surface area contributed by atoms with Gasteiger partial charge < -0.3 is 30.0 Å². The molecule has 4 rings (SSSR count). The molecule has 3 N–H and O–H groups in total. The van der Waals surface area contributed by atoms with Crippen LogP contribution < -0.4 is 20.1 Å². The number of carbonyl (C=O) groups is 2. The van der Waals surface area contributed by atoms with Gasteiger partial charge in [-0.05, 0) is 87.0 Å². The molecule has 1 amide bonds. The second-order valence-electron chi connectivity index (χ2n) is 11.0. The Morgan fingerprint density at radius 2 is 1.80 bits per heavy atom. The van der Waals surface area contributed by atoms with Crippen LogP contribution in [0, 0.1) is 5.82 Å². The van der Waals surface area contributed by atoms with Crippen LogP contribution >= 0.6 is 0 Å². The molecule has 9 nitrogen and oxygen atoms in total. The Balaban J connectivity index is 1.59. The summed E-state index contributed by atoms with van der Waals surface area (Å²) in [6.07, 6.45) is -4.98. The van der Waals surface area contributed by atoms with Gasteiger partial charge in [0.25, 0.3) is 5.91 Å². The van der Waals surface area contributed by atoms with Crippen LogP contribution in [-0.2, 0) is 20.7 Å². The van der Waals surface area contributed by atoms with Gasteiger partial charge in [0, 0.05) is 23.1 Å². The third kappa shape index (κ3) is 7.54. The third-order valence-corrected chi connectivity index (χ3v) is 7.66. The Bertz CT molecular complexity index is 1530. The average Bonchev–Trinajstić information content (AvgIpc) is 3.00. The van der Waals surface area contributed by atoms with Crippen LogP contribution in [0.1, 0.15) is 55.2 Å². The lowest BCUT2D eigenvalue weighted by molar-refractivity contribution is -0.265. The van der Waals surface area contributed by atoms with Crippen LogP contribution in [0.15, 0.2) is 54.6 Å². The minimum atomic E-state index is -5.24. The lowest BCUT2D eigenvalue weighted by Gasteiger charge is -2.41. The Kier molecular flexibility index (Phi) is 10.0. The molecule has 45 heavy (non-hydrogen) atoms. The van der Waals surface area contributed by atoms with Gasteiger partial charge in [-0.3, -0.25) is 9.59 Å². The van der Waals surface area contributed by atoms with Crippen LogP contribution in [0.2, 0.25) is 0 Å². The zero-order chi connectivity index (χ0) is 33.0. The minimum absolute atomic E-state index is 0.00715. The standard InChI is InChI=1S/C32H35F4N3O6/c1-5-28(40)45-19(2)17-44-25-11-8-21(14-26(25)43-4)29(41)37-18-31(42,32(34,35)36)27-16-22(30(3)12-13-38-30)15-24(39-27)20-6-9-23(33)10-7-20/h6-11,14-16,19,38,42H,5,12-13,17-18H2,1-4H3,(H,37,41)/t19-,30+,31?/m1/s1. The number of pyridine rings is 1. The number of hydrogen-bond donors (Lipinski definition) is 3. The number of nitrogens with zero attached hydrogens (tertiary/aromatic N) is 1. The summed E-state index contributed by atoms with van der Waals surface area (Å²) in [7, 11) is 1.32. The smallest absolute Gasteiger partial charge is 0.424 e. The van der Waals surface area contributed by atoms with Gasteiger partial charge in [-0.2, -0.15) is 13.2 Å². The molecular weight excluding hydrogens is 598 g/mol. The Labute approximate surface area is 257 Å². The van der Waals surface area contributed by atoms with Gasteiger partial charge in [0.05, 0.1) is 25.0 Å². The zero-order valence-electron chi connectivity index (χ0n) is 25.3. The van der Waals surface area contributed by atoms with Gasteiger partial charge in [0.1, 0.15) is 18.5 Å². The number of ether oxygens (including phenoxy) is 3. The Hall–Kier alpha value is -4.23. The molecule has 0 bridgehead atoms. The molecule has 2 aromatic carbocycles. The lowest BCUT2D eigenvalue weighted by Crippen LogP contribution is -2.53. The number of methoxy groups -OCH3 is 1. The van der Waals surface area contributed by atoms with E-state index in [9.17, 15) is 32.3 Å². The highest BCUT2D eigenvalue weighted by atomic mass is 19.4. The maximum Gasteiger partial charge on any atom is 0.424 e. The van der Waals surface area contributed by atoms with E-state index >= 15 is 0 Å². The number of alkyl halides is 3. The van der Waals surface area contributed by atoms with Crippen molar-refractivity contribution in [2.24, 2.45) is 0 Å². The van der Waals surface area contributed by atoms with E-state index in [1.54, 1.807) is 19.9 Å². The van der Waals surface area contributed by atoms with Crippen molar-refractivity contribution in [1.29, 1.82) is 0 Å². The molecule has 1 aliphatic rings. The van der Waals surface area contributed by atoms with Gasteiger partial charge in [-0.1, -0.05) is 6.92 Å². The molecule has 0 aliphatic carbocycles. The first-order valence-corrected chi connectivity index (χ1v) is 14.3. The van der Waals surface area contributed by atoms with E-state index in [0.29, 0.717) is 24.1 Å². The fourth-order valence-corrected chi connectivity index (χ4v) is 4.70. The van der Waals surface area contributed by atoms with E-state index in [4.69, 9.17) is 14.2 Å². The van der Waals surface area contributed by atoms with Crippen molar-refractivity contribution in [3.63, 3.8) is 0 Å². The van der Waals surface area contributed by atoms with Crippen molar-refractivity contribution in [1.82, 2.24) is 15.6 Å². The van der Waals surface area contributed by atoms with Crippen molar-refractivity contribution in [2.75, 3.05) is 26.8 Å². The van der Waals surface area contributed by atoms with E-state index in [-0.39, 0.29) is 35.8 Å². The van der Waals surface area contributed by atoms with Crippen LogP contribution in [0.4, 0.5) is 17.6 Å². The first-order chi connectivity index (χ1) is 21.2. The van der Waals surface area contributed by atoms with Crippen molar-refractivity contribution >= 4 is 11.9 Å². The number of carbonyl (C=O) groups excluding carboxylic acids is 2. The number of halogens is 4. The van der Waals surface area contributed by atoms with Gasteiger partial charge in [0.15, 0.2) is 11.5 Å². The SMILES string of the molecule is CCC(=O)O[C@H](C)COc1ccc(C(=O)NCC(O)(c2cc([C@]3(C)CCN3)cc(-c3ccc(F)cc3)n2)C(F)(F)F)cc1OC. The van der Waals surface area contributed by atoms with Gasteiger partial charge in [-0.15, -0.1) is 0 Å². The molecule has 3 atom stereocenters. The summed E-state index contributed by atoms with van der Waals surface area (Å²) in [5.41, 5.74) is -4.12. The summed E-state index contributed by atoms with van der Waals surface area (Å²) in [5, 5.41) is 16.6. The van der Waals surface area contributed by atoms with Crippen LogP contribution in [-0.4, -0.2) is 61.1 Å². The third-order valence-electron chi connectivity index (χ3n) is 7.66. The number of amides is 1. The number of nitrogens with one attached hydrogen (secondary N) is 2. The number of esters is 1. The minimum Gasteiger partial charge on any atom is -0.493 e. The molecule has 0 spiro atoms. The van der Waals surface area contributed by atoms with E-state index in [1.807, 2.05) is 6.92 Å². The summed E-state index contributed by atoms with van der Waals surface area (Å²) >= 11 is 0. The van der Waals surface area contributed by atoms with Gasteiger partial charge >= 0.3 is 12.1 Å². The second-order valence-corrected chi connectivity index (χ2v) is 11.0. The maximum atomic E-state index is 14.6. The fraction of sp³-hybridized carbons (Fsp3) is 0.406. The fourth-order valence-electron chi connectivity index (χ4n) is 4.70. The van der Waals surface area contributed by atoms with Crippen LogP contribution in [0.3, 0.4) is 0 Å². The van der Waals surface area contributed by atoms with Crippen molar-refractivity contribution in [3.8, 4) is 22.8 Å². The number of hydrogen-bond acceptors (Lipinski definition) is 8. The number of aliphatic hydroxyl groups is 1. The summed E-state index contributed by atoms with van der Waals surface area (Å²) in [4.78, 5) is 28.7. The highest BCUT2D eigenvalue weighted by Crippen LogP contribution is 2.41. The van der Waals surface area contributed by atoms with Gasteiger partial charge in [0.2, 0.25) is 5.60 Å². The first kappa shape index (κ1) is 33.7. The van der Waals surface area contributed by atoms with E-state index in [1.165, 1.54) is 43.5 Å². The number of rotatable bonds is 12. The maximum absolute atomic E-state index is 14.6. The van der Waals surface area contributed by atoms with E-state index in [0.717, 1.165) is 12.1 Å². The quantitative estimate of drug-likeness (QED) is 0.188. The highest BCUT2D eigenvalue weighted by molar-refractivity contribution is 5.95. The normalized spacial score (nSPS) is 18.2. The molecule has 1 saturated heterocycles. The molecule has 2 heterocycles. The molecule has 1 unspecified atom stereocenters.